The summed E-state index contributed by atoms with van der Waals surface area (Å²) < 4.78 is 63.2. The van der Waals surface area contributed by atoms with Crippen molar-refractivity contribution in [3.05, 3.63) is 34.6 Å². The highest BCUT2D eigenvalue weighted by Gasteiger charge is 2.52. The van der Waals surface area contributed by atoms with Crippen LogP contribution >= 0.6 is 34.7 Å². The summed E-state index contributed by atoms with van der Waals surface area (Å²) in [4.78, 5) is 43.5. The minimum atomic E-state index is -4.79. The van der Waals surface area contributed by atoms with Gasteiger partial charge in [-0.05, 0) is 6.07 Å². The van der Waals surface area contributed by atoms with Crippen molar-refractivity contribution in [3.8, 4) is 16.6 Å². The molecule has 3 aromatic heterocycles. The van der Waals surface area contributed by atoms with Crippen molar-refractivity contribution in [1.82, 2.24) is 25.0 Å². The first-order chi connectivity index (χ1) is 19.7. The molecule has 0 aliphatic carbocycles. The lowest BCUT2D eigenvalue weighted by molar-refractivity contribution is -0.212. The highest BCUT2D eigenvalue weighted by atomic mass is 35.5. The smallest absolute Gasteiger partial charge is 0.434 e. The highest BCUT2D eigenvalue weighted by Crippen LogP contribution is 2.43. The first-order valence-corrected chi connectivity index (χ1v) is 14.0. The minimum absolute atomic E-state index is 0.114. The molecule has 42 heavy (non-hydrogen) atoms. The Hall–Kier alpha value is -3.48. The molecule has 1 aliphatic rings. The van der Waals surface area contributed by atoms with Crippen LogP contribution < -0.4 is 0 Å². The van der Waals surface area contributed by atoms with E-state index in [-0.39, 0.29) is 21.5 Å². The fourth-order valence-corrected chi connectivity index (χ4v) is 6.02. The quantitative estimate of drug-likeness (QED) is 0.277. The molecule has 3 unspecified atom stereocenters. The van der Waals surface area contributed by atoms with Gasteiger partial charge in [-0.1, -0.05) is 39.9 Å². The molecule has 19 heteroatoms. The van der Waals surface area contributed by atoms with Crippen LogP contribution in [0.25, 0.3) is 11.4 Å². The van der Waals surface area contributed by atoms with Crippen LogP contribution in [0.1, 0.15) is 32.5 Å². The first kappa shape index (κ1) is 31.5. The number of thiazole rings is 1. The Kier molecular flexibility index (Phi) is 9.59. The highest BCUT2D eigenvalue weighted by molar-refractivity contribution is 7.99. The third-order valence-electron chi connectivity index (χ3n) is 5.58. The van der Waals surface area contributed by atoms with E-state index in [0.717, 1.165) is 56.1 Å². The van der Waals surface area contributed by atoms with Crippen molar-refractivity contribution in [2.45, 2.75) is 61.6 Å². The second-order valence-corrected chi connectivity index (χ2v) is 11.1. The lowest BCUT2D eigenvalue weighted by atomic mass is 9.96. The van der Waals surface area contributed by atoms with E-state index < -0.39 is 71.2 Å². The van der Waals surface area contributed by atoms with Crippen LogP contribution in [0.3, 0.4) is 0 Å². The van der Waals surface area contributed by atoms with E-state index in [1.807, 2.05) is 0 Å². The van der Waals surface area contributed by atoms with Gasteiger partial charge in [-0.25, -0.2) is 14.6 Å². The van der Waals surface area contributed by atoms with Gasteiger partial charge in [0.2, 0.25) is 0 Å². The Bertz CT molecular complexity index is 1470. The number of carbonyl (C=O) groups excluding carboxylic acids is 3. The second kappa shape index (κ2) is 12.8. The molecule has 0 radical (unpaired) electrons. The number of hydrogen-bond acceptors (Lipinski definition) is 14. The van der Waals surface area contributed by atoms with Crippen LogP contribution in [-0.2, 0) is 39.5 Å². The predicted octanol–water partition coefficient (Wildman–Crippen LogP) is 3.66. The Morgan fingerprint density at radius 2 is 1.83 bits per heavy atom. The zero-order chi connectivity index (χ0) is 30.8. The standard InChI is InChI=1S/C23H21ClF3N5O8S2/c1-9(33)37-7-16-18(38-10(2)34)17(32-6-14(30-31-32)15-8-41-22(36)29-15)19(39-11(3)35)21(40-16)42-12-4-13(24)20(28-5-12)23(25,26)27/h4-6,8,16-19,21H,7H2,1-3H3,(H,29,36)/t16?,17?,18-,19?,21+/m0/s1. The average Bonchev–Trinajstić information content (AvgIpc) is 3.52. The van der Waals surface area contributed by atoms with E-state index in [9.17, 15) is 32.7 Å². The number of thioether (sulfide) groups is 1. The van der Waals surface area contributed by atoms with Gasteiger partial charge in [0.25, 0.3) is 5.19 Å². The second-order valence-electron chi connectivity index (χ2n) is 8.70. The van der Waals surface area contributed by atoms with E-state index in [4.69, 9.17) is 30.5 Å². The van der Waals surface area contributed by atoms with Gasteiger partial charge in [0.15, 0.2) is 17.9 Å². The number of rotatable bonds is 8. The largest absolute Gasteiger partial charge is 0.486 e. The van der Waals surface area contributed by atoms with E-state index in [0.29, 0.717) is 0 Å². The summed E-state index contributed by atoms with van der Waals surface area (Å²) in [6.07, 6.45) is -6.21. The molecule has 4 heterocycles. The number of carbonyl (C=O) groups is 3. The zero-order valence-electron chi connectivity index (χ0n) is 21.8. The topological polar surface area (TPSA) is 165 Å². The third kappa shape index (κ3) is 7.47. The lowest BCUT2D eigenvalue weighted by Gasteiger charge is -2.44. The summed E-state index contributed by atoms with van der Waals surface area (Å²) >= 11 is 7.61. The molecule has 4 rings (SSSR count). The summed E-state index contributed by atoms with van der Waals surface area (Å²) in [6, 6.07) is -0.136. The van der Waals surface area contributed by atoms with Gasteiger partial charge < -0.3 is 24.1 Å². The van der Waals surface area contributed by atoms with Crippen molar-refractivity contribution >= 4 is 52.6 Å². The SMILES string of the molecule is CC(=O)OCC1O[C@H](Sc2cnc(C(F)(F)F)c(Cl)c2)C(OC(C)=O)C(n2cc(-c3csc(O)n3)nn2)[C@H]1OC(C)=O. The number of esters is 3. The van der Waals surface area contributed by atoms with Crippen LogP contribution in [0.15, 0.2) is 28.7 Å². The van der Waals surface area contributed by atoms with Gasteiger partial charge in [0.1, 0.15) is 35.6 Å². The Labute approximate surface area is 248 Å². The number of aromatic hydroxyl groups is 1. The minimum Gasteiger partial charge on any atom is -0.486 e. The number of halogens is 4. The van der Waals surface area contributed by atoms with Crippen molar-refractivity contribution in [3.63, 3.8) is 0 Å². The normalized spacial score (nSPS) is 22.4. The number of alkyl halides is 3. The monoisotopic (exact) mass is 651 g/mol. The third-order valence-corrected chi connectivity index (χ3v) is 7.62. The number of pyridine rings is 1. The molecule has 0 saturated carbocycles. The van der Waals surface area contributed by atoms with Crippen molar-refractivity contribution in [2.24, 2.45) is 0 Å². The number of aromatic nitrogens is 5. The van der Waals surface area contributed by atoms with Crippen molar-refractivity contribution < 1.29 is 51.6 Å². The van der Waals surface area contributed by atoms with Crippen LogP contribution in [0, 0.1) is 0 Å². The van der Waals surface area contributed by atoms with Crippen LogP contribution in [0.2, 0.25) is 5.02 Å². The van der Waals surface area contributed by atoms with E-state index in [2.05, 4.69) is 20.3 Å². The molecule has 0 spiro atoms. The van der Waals surface area contributed by atoms with Gasteiger partial charge in [-0.3, -0.25) is 14.4 Å². The molecule has 1 fully saturated rings. The fraction of sp³-hybridized carbons (Fsp3) is 0.435. The zero-order valence-corrected chi connectivity index (χ0v) is 24.2. The molecule has 1 saturated heterocycles. The maximum Gasteiger partial charge on any atom is 0.434 e. The summed E-state index contributed by atoms with van der Waals surface area (Å²) in [5, 5.41) is 18.4. The maximum absolute atomic E-state index is 13.2. The average molecular weight is 652 g/mol. The molecular weight excluding hydrogens is 631 g/mol. The van der Waals surface area contributed by atoms with Gasteiger partial charge in [-0.2, -0.15) is 13.2 Å². The molecule has 0 bridgehead atoms. The van der Waals surface area contributed by atoms with Crippen molar-refractivity contribution in [1.29, 1.82) is 0 Å². The fourth-order valence-electron chi connectivity index (χ4n) is 4.03. The van der Waals surface area contributed by atoms with Gasteiger partial charge in [0, 0.05) is 37.2 Å². The lowest BCUT2D eigenvalue weighted by Crippen LogP contribution is -2.57. The van der Waals surface area contributed by atoms with Gasteiger partial charge in [0.05, 0.1) is 11.2 Å². The molecule has 0 amide bonds. The van der Waals surface area contributed by atoms with Crippen LogP contribution in [0.4, 0.5) is 13.2 Å². The number of hydrogen-bond donors (Lipinski definition) is 1. The van der Waals surface area contributed by atoms with E-state index in [1.165, 1.54) is 16.3 Å². The molecule has 1 N–H and O–H groups in total. The Morgan fingerprint density at radius 3 is 2.40 bits per heavy atom. The number of nitrogens with zero attached hydrogens (tertiary/aromatic N) is 5. The summed E-state index contributed by atoms with van der Waals surface area (Å²) in [5.74, 6) is -2.20. The molecule has 5 atom stereocenters. The van der Waals surface area contributed by atoms with Crippen LogP contribution in [0.5, 0.6) is 5.19 Å². The molecule has 13 nitrogen and oxygen atoms in total. The molecule has 0 aromatic carbocycles. The van der Waals surface area contributed by atoms with Gasteiger partial charge in [-0.15, -0.1) is 5.10 Å². The Morgan fingerprint density at radius 1 is 1.14 bits per heavy atom. The van der Waals surface area contributed by atoms with Crippen LogP contribution in [-0.4, -0.2) is 78.3 Å². The Balaban J connectivity index is 1.79. The van der Waals surface area contributed by atoms with E-state index in [1.54, 1.807) is 0 Å². The molecule has 3 aromatic rings. The summed E-state index contributed by atoms with van der Waals surface area (Å²) in [5.41, 5.74) is -2.01. The first-order valence-electron chi connectivity index (χ1n) is 11.8. The molecule has 226 valence electrons. The predicted molar refractivity (Wildman–Crippen MR) is 138 cm³/mol. The summed E-state index contributed by atoms with van der Waals surface area (Å²) in [7, 11) is 0. The number of ether oxygens (including phenoxy) is 4. The van der Waals surface area contributed by atoms with Gasteiger partial charge >= 0.3 is 24.1 Å². The van der Waals surface area contributed by atoms with E-state index >= 15 is 0 Å². The molecular formula is C23H21ClF3N5O8S2. The summed E-state index contributed by atoms with van der Waals surface area (Å²) in [6.45, 7) is 2.98. The maximum atomic E-state index is 13.2. The molecule has 1 aliphatic heterocycles. The van der Waals surface area contributed by atoms with Crippen molar-refractivity contribution in [2.75, 3.05) is 6.61 Å².